The van der Waals surface area contributed by atoms with E-state index in [1.165, 1.54) is 19.3 Å². The second-order valence-corrected chi connectivity index (χ2v) is 8.04. The smallest absolute Gasteiger partial charge is 0.0204 e. The highest BCUT2D eigenvalue weighted by molar-refractivity contribution is 5.33. The van der Waals surface area contributed by atoms with E-state index in [9.17, 15) is 0 Å². The molecular weight excluding hydrogens is 180 g/mol. The Labute approximate surface area is 93.8 Å². The highest BCUT2D eigenvalue weighted by Gasteiger charge is 2.86. The summed E-state index contributed by atoms with van der Waals surface area (Å²) in [4.78, 5) is 0. The largest absolute Gasteiger partial charge is 0.0596 e. The van der Waals surface area contributed by atoms with E-state index in [0.717, 1.165) is 34.5 Å². The van der Waals surface area contributed by atoms with E-state index >= 15 is 0 Å². The molecule has 6 atom stereocenters. The molecule has 5 rings (SSSR count). The van der Waals surface area contributed by atoms with Gasteiger partial charge in [-0.15, -0.1) is 0 Å². The van der Waals surface area contributed by atoms with E-state index in [4.69, 9.17) is 0 Å². The molecule has 0 N–H and O–H groups in total. The predicted octanol–water partition coefficient (Wildman–Crippen LogP) is 4.10. The van der Waals surface area contributed by atoms with Crippen LogP contribution in [-0.4, -0.2) is 0 Å². The lowest BCUT2D eigenvalue weighted by molar-refractivity contribution is 0.127. The molecule has 0 aromatic carbocycles. The van der Waals surface area contributed by atoms with Crippen LogP contribution in [0.15, 0.2) is 0 Å². The molecule has 0 radical (unpaired) electrons. The maximum absolute atomic E-state index is 2.64. The number of rotatable bonds is 0. The van der Waals surface area contributed by atoms with E-state index in [-0.39, 0.29) is 0 Å². The van der Waals surface area contributed by atoms with Gasteiger partial charge < -0.3 is 0 Å². The van der Waals surface area contributed by atoms with Crippen LogP contribution in [0.2, 0.25) is 0 Å². The molecule has 15 heavy (non-hydrogen) atoms. The lowest BCUT2D eigenvalue weighted by Gasteiger charge is -2.35. The van der Waals surface area contributed by atoms with Crippen LogP contribution in [0.5, 0.6) is 0 Å². The molecule has 0 aromatic heterocycles. The van der Waals surface area contributed by atoms with Gasteiger partial charge in [0, 0.05) is 0 Å². The molecule has 5 aliphatic rings. The molecule has 84 valence electrons. The van der Waals surface area contributed by atoms with Gasteiger partial charge >= 0.3 is 0 Å². The van der Waals surface area contributed by atoms with E-state index < -0.39 is 0 Å². The molecule has 5 fully saturated rings. The van der Waals surface area contributed by atoms with Crippen molar-refractivity contribution in [3.8, 4) is 0 Å². The third kappa shape index (κ3) is 0.666. The first-order valence-electron chi connectivity index (χ1n) is 6.93. The Hall–Kier alpha value is 0. The van der Waals surface area contributed by atoms with Crippen LogP contribution in [0, 0.1) is 39.9 Å². The van der Waals surface area contributed by atoms with Crippen LogP contribution in [0.1, 0.15) is 53.4 Å². The van der Waals surface area contributed by atoms with Crippen molar-refractivity contribution in [3.05, 3.63) is 0 Å². The summed E-state index contributed by atoms with van der Waals surface area (Å²) in [5.74, 6) is 4.44. The maximum atomic E-state index is 2.64. The minimum Gasteiger partial charge on any atom is -0.0596 e. The minimum atomic E-state index is 0.649. The molecule has 0 heterocycles. The van der Waals surface area contributed by atoms with Crippen LogP contribution >= 0.6 is 0 Å². The number of hydrogen-bond acceptors (Lipinski definition) is 0. The molecule has 0 aliphatic heterocycles. The fourth-order valence-electron chi connectivity index (χ4n) is 6.75. The summed E-state index contributed by atoms with van der Waals surface area (Å²) in [5.41, 5.74) is 2.16. The van der Waals surface area contributed by atoms with Gasteiger partial charge in [0.1, 0.15) is 0 Å². The van der Waals surface area contributed by atoms with Crippen LogP contribution < -0.4 is 0 Å². The molecule has 0 spiro atoms. The van der Waals surface area contributed by atoms with E-state index in [2.05, 4.69) is 27.7 Å². The van der Waals surface area contributed by atoms with Crippen LogP contribution in [0.4, 0.5) is 0 Å². The van der Waals surface area contributed by atoms with Gasteiger partial charge in [0.15, 0.2) is 0 Å². The molecule has 6 bridgehead atoms. The zero-order valence-electron chi connectivity index (χ0n) is 10.6. The average molecular weight is 204 g/mol. The van der Waals surface area contributed by atoms with Crippen molar-refractivity contribution in [2.24, 2.45) is 39.9 Å². The molecule has 0 saturated heterocycles. The fourth-order valence-corrected chi connectivity index (χ4v) is 6.75. The minimum absolute atomic E-state index is 0.649. The molecule has 5 saturated carbocycles. The molecule has 0 unspecified atom stereocenters. The first kappa shape index (κ1) is 9.07. The van der Waals surface area contributed by atoms with Crippen molar-refractivity contribution < 1.29 is 0 Å². The van der Waals surface area contributed by atoms with Crippen molar-refractivity contribution in [2.75, 3.05) is 0 Å². The summed E-state index contributed by atoms with van der Waals surface area (Å²) < 4.78 is 0. The lowest BCUT2D eigenvalue weighted by atomic mass is 9.69. The third-order valence-electron chi connectivity index (χ3n) is 7.58. The molecule has 0 nitrogen and oxygen atoms in total. The van der Waals surface area contributed by atoms with E-state index in [0.29, 0.717) is 5.41 Å². The van der Waals surface area contributed by atoms with Gasteiger partial charge in [-0.3, -0.25) is 0 Å². The Morgan fingerprint density at radius 3 is 2.27 bits per heavy atom. The first-order valence-corrected chi connectivity index (χ1v) is 6.93. The lowest BCUT2D eigenvalue weighted by Crippen LogP contribution is -2.29. The highest BCUT2D eigenvalue weighted by atomic mass is 14.9. The van der Waals surface area contributed by atoms with Gasteiger partial charge in [0.05, 0.1) is 0 Å². The summed E-state index contributed by atoms with van der Waals surface area (Å²) in [6, 6.07) is 0. The van der Waals surface area contributed by atoms with Crippen LogP contribution in [0.25, 0.3) is 0 Å². The monoisotopic (exact) mass is 204 g/mol. The number of hydrogen-bond donors (Lipinski definition) is 0. The van der Waals surface area contributed by atoms with Crippen molar-refractivity contribution in [3.63, 3.8) is 0 Å². The quantitative estimate of drug-likeness (QED) is 0.557. The SMILES string of the molecule is CC1(C)CCC[C@@]2(C)[C@@H]3C[C@@H]4[C@H]([C@H]31)[C@@]42C. The van der Waals surface area contributed by atoms with Gasteiger partial charge in [-0.1, -0.05) is 34.1 Å². The standard InChI is InChI=1S/C15H24/c1-13(2)6-5-7-14(3)9-8-10-12(11(9)13)15(10,14)4/h9-12H,5-8H2,1-4H3/t9-,10-,11+,12-,14+,15-/m1/s1. The van der Waals surface area contributed by atoms with E-state index in [1.54, 1.807) is 6.42 Å². The molecule has 5 aliphatic carbocycles. The van der Waals surface area contributed by atoms with Crippen molar-refractivity contribution in [1.82, 2.24) is 0 Å². The van der Waals surface area contributed by atoms with Crippen molar-refractivity contribution in [2.45, 2.75) is 53.4 Å². The summed E-state index contributed by atoms with van der Waals surface area (Å²) in [5, 5.41) is 0. The summed E-state index contributed by atoms with van der Waals surface area (Å²) in [6.45, 7) is 10.4. The van der Waals surface area contributed by atoms with Gasteiger partial charge in [0.2, 0.25) is 0 Å². The van der Waals surface area contributed by atoms with Crippen molar-refractivity contribution >= 4 is 0 Å². The predicted molar refractivity (Wildman–Crippen MR) is 62.4 cm³/mol. The molecular formula is C15H24. The summed E-state index contributed by atoms with van der Waals surface area (Å²) in [6.07, 6.45) is 6.10. The van der Waals surface area contributed by atoms with Gasteiger partial charge in [-0.25, -0.2) is 0 Å². The molecule has 0 heteroatoms. The summed E-state index contributed by atoms with van der Waals surface area (Å²) in [7, 11) is 0. The zero-order chi connectivity index (χ0) is 10.6. The second-order valence-electron chi connectivity index (χ2n) is 8.04. The van der Waals surface area contributed by atoms with Crippen LogP contribution in [-0.2, 0) is 0 Å². The average Bonchev–Trinajstić information content (AvgIpc) is 2.49. The maximum Gasteiger partial charge on any atom is -0.0204 e. The van der Waals surface area contributed by atoms with Gasteiger partial charge in [-0.05, 0) is 59.2 Å². The topological polar surface area (TPSA) is 0 Å². The Balaban J connectivity index is 1.89. The van der Waals surface area contributed by atoms with Gasteiger partial charge in [-0.2, -0.15) is 0 Å². The highest BCUT2D eigenvalue weighted by Crippen LogP contribution is 2.91. The zero-order valence-corrected chi connectivity index (χ0v) is 10.6. The van der Waals surface area contributed by atoms with Gasteiger partial charge in [0.25, 0.3) is 0 Å². The molecule has 0 aromatic rings. The Morgan fingerprint density at radius 2 is 1.60 bits per heavy atom. The Morgan fingerprint density at radius 1 is 0.867 bits per heavy atom. The molecule has 0 amide bonds. The fraction of sp³-hybridized carbons (Fsp3) is 1.00. The Kier molecular flexibility index (Phi) is 1.24. The third-order valence-corrected chi connectivity index (χ3v) is 7.58. The van der Waals surface area contributed by atoms with E-state index in [1.807, 2.05) is 0 Å². The van der Waals surface area contributed by atoms with Crippen LogP contribution in [0.3, 0.4) is 0 Å². The van der Waals surface area contributed by atoms with Crippen molar-refractivity contribution in [1.29, 1.82) is 0 Å². The first-order chi connectivity index (χ1) is 6.93. The Bertz CT molecular complexity index is 342. The normalized spacial score (nSPS) is 68.0. The summed E-state index contributed by atoms with van der Waals surface area (Å²) >= 11 is 0. The second kappa shape index (κ2) is 2.05.